The molecule has 2 aromatic carbocycles. The number of hydrogen-bond donors (Lipinski definition) is 2. The predicted octanol–water partition coefficient (Wildman–Crippen LogP) is 3.81. The number of H-pyrrole nitrogens is 1. The van der Waals surface area contributed by atoms with E-state index in [2.05, 4.69) is 20.5 Å². The summed E-state index contributed by atoms with van der Waals surface area (Å²) >= 11 is 0. The Kier molecular flexibility index (Phi) is 3.96. The van der Waals surface area contributed by atoms with Crippen molar-refractivity contribution in [1.29, 1.82) is 0 Å². The minimum absolute atomic E-state index is 0.0913. The molecule has 0 radical (unpaired) electrons. The van der Waals surface area contributed by atoms with Crippen LogP contribution < -0.4 is 5.32 Å². The van der Waals surface area contributed by atoms with Gasteiger partial charge in [0.05, 0.1) is 11.9 Å². The van der Waals surface area contributed by atoms with Gasteiger partial charge in [-0.25, -0.2) is 0 Å². The van der Waals surface area contributed by atoms with Gasteiger partial charge in [-0.1, -0.05) is 42.5 Å². The lowest BCUT2D eigenvalue weighted by atomic mass is 10.1. The molecule has 0 saturated carbocycles. The zero-order valence-corrected chi connectivity index (χ0v) is 13.4. The number of amides is 1. The largest absolute Gasteiger partial charge is 0.308 e. The Hall–Kier alpha value is -3.47. The number of nitrogens with zero attached hydrogens (tertiary/aromatic N) is 2. The van der Waals surface area contributed by atoms with Crippen molar-refractivity contribution in [1.82, 2.24) is 15.2 Å². The summed E-state index contributed by atoms with van der Waals surface area (Å²) in [6, 6.07) is 19.5. The molecule has 1 amide bonds. The summed E-state index contributed by atoms with van der Waals surface area (Å²) in [7, 11) is 0. The fourth-order valence-corrected chi connectivity index (χ4v) is 2.78. The molecule has 0 bridgehead atoms. The Morgan fingerprint density at radius 1 is 1.00 bits per heavy atom. The number of pyridine rings is 1. The first-order chi connectivity index (χ1) is 12.3. The SMILES string of the molecule is O=C(Cc1ccccc1)Nc1n[nH]c2ccc(-c3cccnc3)cc12. The van der Waals surface area contributed by atoms with E-state index in [1.807, 2.05) is 66.9 Å². The second kappa shape index (κ2) is 6.57. The molecule has 5 nitrogen and oxygen atoms in total. The van der Waals surface area contributed by atoms with Gasteiger partial charge in [0.25, 0.3) is 0 Å². The van der Waals surface area contributed by atoms with Crippen LogP contribution in [-0.4, -0.2) is 21.1 Å². The van der Waals surface area contributed by atoms with E-state index in [0.717, 1.165) is 27.6 Å². The minimum Gasteiger partial charge on any atom is -0.308 e. The molecule has 0 spiro atoms. The highest BCUT2D eigenvalue weighted by atomic mass is 16.1. The summed E-state index contributed by atoms with van der Waals surface area (Å²) < 4.78 is 0. The van der Waals surface area contributed by atoms with E-state index < -0.39 is 0 Å². The van der Waals surface area contributed by atoms with E-state index in [4.69, 9.17) is 0 Å². The third-order valence-electron chi connectivity index (χ3n) is 4.02. The van der Waals surface area contributed by atoms with Crippen LogP contribution in [0.2, 0.25) is 0 Å². The van der Waals surface area contributed by atoms with E-state index in [0.29, 0.717) is 12.2 Å². The first-order valence-electron chi connectivity index (χ1n) is 8.02. The topological polar surface area (TPSA) is 70.7 Å². The fraction of sp³-hybridized carbons (Fsp3) is 0.0500. The van der Waals surface area contributed by atoms with Gasteiger partial charge < -0.3 is 5.32 Å². The molecule has 0 unspecified atom stereocenters. The highest BCUT2D eigenvalue weighted by molar-refractivity contribution is 6.01. The number of benzene rings is 2. The summed E-state index contributed by atoms with van der Waals surface area (Å²) in [6.07, 6.45) is 3.88. The molecule has 5 heteroatoms. The fourth-order valence-electron chi connectivity index (χ4n) is 2.78. The molecule has 2 N–H and O–H groups in total. The van der Waals surface area contributed by atoms with Crippen molar-refractivity contribution >= 4 is 22.6 Å². The van der Waals surface area contributed by atoms with E-state index in [9.17, 15) is 4.79 Å². The second-order valence-electron chi connectivity index (χ2n) is 5.78. The number of carbonyl (C=O) groups excluding carboxylic acids is 1. The minimum atomic E-state index is -0.0913. The van der Waals surface area contributed by atoms with E-state index in [1.54, 1.807) is 6.20 Å². The second-order valence-corrected chi connectivity index (χ2v) is 5.78. The Morgan fingerprint density at radius 2 is 1.88 bits per heavy atom. The lowest BCUT2D eigenvalue weighted by molar-refractivity contribution is -0.115. The van der Waals surface area contributed by atoms with Crippen molar-refractivity contribution in [3.8, 4) is 11.1 Å². The maximum Gasteiger partial charge on any atom is 0.230 e. The number of nitrogens with one attached hydrogen (secondary N) is 2. The Balaban J connectivity index is 1.60. The van der Waals surface area contributed by atoms with Gasteiger partial charge in [-0.3, -0.25) is 14.9 Å². The molecule has 25 heavy (non-hydrogen) atoms. The van der Waals surface area contributed by atoms with Crippen molar-refractivity contribution in [2.24, 2.45) is 0 Å². The summed E-state index contributed by atoms with van der Waals surface area (Å²) in [4.78, 5) is 16.5. The Labute approximate surface area is 144 Å². The van der Waals surface area contributed by atoms with Gasteiger partial charge in [-0.05, 0) is 29.3 Å². The van der Waals surface area contributed by atoms with Crippen LogP contribution in [0.4, 0.5) is 5.82 Å². The molecular weight excluding hydrogens is 312 g/mol. The smallest absolute Gasteiger partial charge is 0.230 e. The van der Waals surface area contributed by atoms with Crippen molar-refractivity contribution < 1.29 is 4.79 Å². The standard InChI is InChI=1S/C20H16N4O/c25-19(11-14-5-2-1-3-6-14)22-20-17-12-15(8-9-18(17)23-24-20)16-7-4-10-21-13-16/h1-10,12-13H,11H2,(H2,22,23,24,25). The zero-order chi connectivity index (χ0) is 17.1. The average molecular weight is 328 g/mol. The maximum absolute atomic E-state index is 12.3. The van der Waals surface area contributed by atoms with Crippen molar-refractivity contribution in [3.05, 3.63) is 78.6 Å². The number of carbonyl (C=O) groups is 1. The van der Waals surface area contributed by atoms with Crippen LogP contribution in [-0.2, 0) is 11.2 Å². The van der Waals surface area contributed by atoms with E-state index in [-0.39, 0.29) is 5.91 Å². The third kappa shape index (κ3) is 3.26. The summed E-state index contributed by atoms with van der Waals surface area (Å²) in [5.74, 6) is 0.452. The number of fused-ring (bicyclic) bond motifs is 1. The van der Waals surface area contributed by atoms with Crippen LogP contribution in [0.25, 0.3) is 22.0 Å². The van der Waals surface area contributed by atoms with Gasteiger partial charge in [-0.15, -0.1) is 0 Å². The van der Waals surface area contributed by atoms with Gasteiger partial charge in [0, 0.05) is 23.3 Å². The number of rotatable bonds is 4. The summed E-state index contributed by atoms with van der Waals surface area (Å²) in [5.41, 5.74) is 3.89. The molecule has 0 aliphatic heterocycles. The summed E-state index contributed by atoms with van der Waals surface area (Å²) in [5, 5.41) is 11.0. The highest BCUT2D eigenvalue weighted by Crippen LogP contribution is 2.27. The Morgan fingerprint density at radius 3 is 2.68 bits per heavy atom. The van der Waals surface area contributed by atoms with Crippen molar-refractivity contribution in [3.63, 3.8) is 0 Å². The van der Waals surface area contributed by atoms with Gasteiger partial charge in [0.15, 0.2) is 5.82 Å². The predicted molar refractivity (Wildman–Crippen MR) is 98.1 cm³/mol. The first-order valence-corrected chi connectivity index (χ1v) is 8.02. The number of hydrogen-bond acceptors (Lipinski definition) is 3. The lowest BCUT2D eigenvalue weighted by Crippen LogP contribution is -2.14. The molecule has 4 aromatic rings. The molecule has 0 saturated heterocycles. The van der Waals surface area contributed by atoms with Gasteiger partial charge in [0.1, 0.15) is 0 Å². The number of aromatic nitrogens is 3. The molecule has 2 heterocycles. The first kappa shape index (κ1) is 15.1. The Bertz CT molecular complexity index is 1010. The van der Waals surface area contributed by atoms with Crippen LogP contribution in [0.1, 0.15) is 5.56 Å². The van der Waals surface area contributed by atoms with Crippen molar-refractivity contribution in [2.75, 3.05) is 5.32 Å². The molecular formula is C20H16N4O. The monoisotopic (exact) mass is 328 g/mol. The highest BCUT2D eigenvalue weighted by Gasteiger charge is 2.11. The van der Waals surface area contributed by atoms with Gasteiger partial charge in [0.2, 0.25) is 5.91 Å². The maximum atomic E-state index is 12.3. The van der Waals surface area contributed by atoms with Crippen LogP contribution in [0.15, 0.2) is 73.1 Å². The van der Waals surface area contributed by atoms with Crippen LogP contribution in [0, 0.1) is 0 Å². The molecule has 0 atom stereocenters. The quantitative estimate of drug-likeness (QED) is 0.598. The molecule has 4 rings (SSSR count). The summed E-state index contributed by atoms with van der Waals surface area (Å²) in [6.45, 7) is 0. The molecule has 0 fully saturated rings. The lowest BCUT2D eigenvalue weighted by Gasteiger charge is -2.04. The third-order valence-corrected chi connectivity index (χ3v) is 4.02. The number of aromatic amines is 1. The van der Waals surface area contributed by atoms with Gasteiger partial charge >= 0.3 is 0 Å². The number of anilines is 1. The molecule has 0 aliphatic rings. The van der Waals surface area contributed by atoms with E-state index in [1.165, 1.54) is 0 Å². The molecule has 2 aromatic heterocycles. The van der Waals surface area contributed by atoms with Crippen LogP contribution in [0.5, 0.6) is 0 Å². The average Bonchev–Trinajstić information content (AvgIpc) is 3.05. The van der Waals surface area contributed by atoms with Crippen LogP contribution >= 0.6 is 0 Å². The molecule has 0 aliphatic carbocycles. The van der Waals surface area contributed by atoms with Gasteiger partial charge in [-0.2, -0.15) is 5.10 Å². The van der Waals surface area contributed by atoms with Crippen molar-refractivity contribution in [2.45, 2.75) is 6.42 Å². The molecule has 122 valence electrons. The normalized spacial score (nSPS) is 10.7. The zero-order valence-electron chi connectivity index (χ0n) is 13.4. The van der Waals surface area contributed by atoms with E-state index >= 15 is 0 Å². The van der Waals surface area contributed by atoms with Crippen LogP contribution in [0.3, 0.4) is 0 Å².